The van der Waals surface area contributed by atoms with Gasteiger partial charge in [-0.25, -0.2) is 0 Å². The van der Waals surface area contributed by atoms with Crippen molar-refractivity contribution < 1.29 is 13.6 Å². The summed E-state index contributed by atoms with van der Waals surface area (Å²) in [4.78, 5) is 11.0. The van der Waals surface area contributed by atoms with Gasteiger partial charge in [0.15, 0.2) is 6.29 Å². The van der Waals surface area contributed by atoms with Crippen LogP contribution in [-0.2, 0) is 0 Å². The quantitative estimate of drug-likeness (QED) is 0.437. The van der Waals surface area contributed by atoms with Gasteiger partial charge < -0.3 is 0 Å². The molecule has 0 saturated heterocycles. The zero-order chi connectivity index (χ0) is 10.4. The molecule has 0 aliphatic rings. The van der Waals surface area contributed by atoms with Crippen molar-refractivity contribution in [1.82, 2.24) is 0 Å². The molecule has 1 aromatic heterocycles. The summed E-state index contributed by atoms with van der Waals surface area (Å²) >= 11 is 2.86. The van der Waals surface area contributed by atoms with E-state index >= 15 is 0 Å². The Balaban J connectivity index is 2.31. The van der Waals surface area contributed by atoms with Crippen molar-refractivity contribution >= 4 is 29.4 Å². The Bertz CT molecular complexity index is 329. The smallest absolute Gasteiger partial charge is 0.266 e. The third kappa shape index (κ3) is 4.02. The molecule has 1 nitrogen and oxygen atoms in total. The zero-order valence-corrected chi connectivity index (χ0v) is 8.84. The van der Waals surface area contributed by atoms with Crippen molar-refractivity contribution in [2.24, 2.45) is 0 Å². The van der Waals surface area contributed by atoms with Gasteiger partial charge in [0.2, 0.25) is 0 Å². The van der Waals surface area contributed by atoms with Crippen LogP contribution in [0.15, 0.2) is 28.5 Å². The van der Waals surface area contributed by atoms with Crippen LogP contribution in [0.3, 0.4) is 0 Å². The lowest BCUT2D eigenvalue weighted by atomic mass is 10.5. The van der Waals surface area contributed by atoms with E-state index in [0.29, 0.717) is 17.1 Å². The Hall–Kier alpha value is -0.680. The summed E-state index contributed by atoms with van der Waals surface area (Å²) in [6.07, 6.45) is 0.406. The number of thioether (sulfide) groups is 1. The Morgan fingerprint density at radius 2 is 2.29 bits per heavy atom. The van der Waals surface area contributed by atoms with Crippen LogP contribution in [0, 0.1) is 0 Å². The predicted molar refractivity (Wildman–Crippen MR) is 55.3 cm³/mol. The van der Waals surface area contributed by atoms with Gasteiger partial charge in [-0.1, -0.05) is 0 Å². The van der Waals surface area contributed by atoms with E-state index in [9.17, 15) is 13.6 Å². The highest BCUT2D eigenvalue weighted by Gasteiger charge is 1.99. The molecule has 0 unspecified atom stereocenters. The normalized spacial score (nSPS) is 9.86. The molecule has 5 heteroatoms. The van der Waals surface area contributed by atoms with E-state index in [1.165, 1.54) is 23.1 Å². The summed E-state index contributed by atoms with van der Waals surface area (Å²) < 4.78 is 24.2. The molecule has 0 fully saturated rings. The number of hydrogen-bond acceptors (Lipinski definition) is 3. The van der Waals surface area contributed by atoms with Crippen LogP contribution in [-0.4, -0.2) is 12.0 Å². The fourth-order valence-corrected chi connectivity index (χ4v) is 2.73. The van der Waals surface area contributed by atoms with Crippen LogP contribution >= 0.6 is 23.1 Å². The minimum Gasteiger partial charge on any atom is -0.297 e. The predicted octanol–water partition coefficient (Wildman–Crippen LogP) is 3.82. The van der Waals surface area contributed by atoms with Gasteiger partial charge in [0, 0.05) is 5.75 Å². The largest absolute Gasteiger partial charge is 0.297 e. The second kappa shape index (κ2) is 5.93. The first kappa shape index (κ1) is 11.4. The van der Waals surface area contributed by atoms with Gasteiger partial charge >= 0.3 is 0 Å². The molecule has 0 bridgehead atoms. The summed E-state index contributed by atoms with van der Waals surface area (Å²) in [6.45, 7) is 0. The molecule has 0 saturated carbocycles. The lowest BCUT2D eigenvalue weighted by molar-refractivity contribution is 0.112. The van der Waals surface area contributed by atoms with Crippen molar-refractivity contribution in [3.05, 3.63) is 29.2 Å². The standard InChI is InChI=1S/C9H8F2OS2/c10-8(11)2-1-5-13-9-4-3-7(6-12)14-9/h2-4,6H,1,5H2. The highest BCUT2D eigenvalue weighted by Crippen LogP contribution is 2.26. The average molecular weight is 234 g/mol. The number of aldehydes is 1. The minimum atomic E-state index is -1.63. The second-order valence-corrected chi connectivity index (χ2v) is 4.92. The van der Waals surface area contributed by atoms with Gasteiger partial charge in [-0.3, -0.25) is 4.79 Å². The number of carbonyl (C=O) groups excluding carboxylic acids is 1. The minimum absolute atomic E-state index is 0.349. The number of allylic oxidation sites excluding steroid dienone is 1. The van der Waals surface area contributed by atoms with Gasteiger partial charge in [0.25, 0.3) is 6.08 Å². The van der Waals surface area contributed by atoms with Crippen LogP contribution in [0.25, 0.3) is 0 Å². The van der Waals surface area contributed by atoms with Gasteiger partial charge in [-0.15, -0.1) is 23.1 Å². The summed E-state index contributed by atoms with van der Waals surface area (Å²) in [6, 6.07) is 3.56. The molecule has 0 N–H and O–H groups in total. The molecule has 0 radical (unpaired) electrons. The maximum atomic E-state index is 11.6. The van der Waals surface area contributed by atoms with Gasteiger partial charge in [0.1, 0.15) is 0 Å². The van der Waals surface area contributed by atoms with Crippen LogP contribution in [0.2, 0.25) is 0 Å². The molecule has 1 heterocycles. The number of halogens is 2. The molecular formula is C9H8F2OS2. The fraction of sp³-hybridized carbons (Fsp3) is 0.222. The molecule has 0 aromatic carbocycles. The Morgan fingerprint density at radius 3 is 2.86 bits per heavy atom. The lowest BCUT2D eigenvalue weighted by Crippen LogP contribution is -1.73. The topological polar surface area (TPSA) is 17.1 Å². The lowest BCUT2D eigenvalue weighted by Gasteiger charge is -1.92. The molecule has 0 spiro atoms. The number of hydrogen-bond donors (Lipinski definition) is 0. The van der Waals surface area contributed by atoms with Crippen molar-refractivity contribution in [2.75, 3.05) is 5.75 Å². The molecule has 76 valence electrons. The summed E-state index contributed by atoms with van der Waals surface area (Å²) in [5.74, 6) is 0.607. The summed E-state index contributed by atoms with van der Waals surface area (Å²) in [5, 5.41) is 0. The Kier molecular flexibility index (Phi) is 4.82. The van der Waals surface area contributed by atoms with Crippen LogP contribution in [0.4, 0.5) is 8.78 Å². The average Bonchev–Trinajstić information content (AvgIpc) is 2.60. The van der Waals surface area contributed by atoms with E-state index in [4.69, 9.17) is 0 Å². The molecule has 1 aromatic rings. The van der Waals surface area contributed by atoms with Gasteiger partial charge in [-0.2, -0.15) is 8.78 Å². The molecule has 14 heavy (non-hydrogen) atoms. The number of carbonyl (C=O) groups is 1. The van der Waals surface area contributed by atoms with E-state index in [-0.39, 0.29) is 0 Å². The molecule has 0 atom stereocenters. The Morgan fingerprint density at radius 1 is 1.50 bits per heavy atom. The molecule has 0 amide bonds. The van der Waals surface area contributed by atoms with Crippen LogP contribution in [0.1, 0.15) is 16.1 Å². The summed E-state index contributed by atoms with van der Waals surface area (Å²) in [5.41, 5.74) is 0. The maximum absolute atomic E-state index is 11.6. The SMILES string of the molecule is O=Cc1ccc(SCCC=C(F)F)s1. The fourth-order valence-electron chi connectivity index (χ4n) is 0.803. The first-order valence-corrected chi connectivity index (χ1v) is 5.71. The highest BCUT2D eigenvalue weighted by atomic mass is 32.2. The zero-order valence-electron chi connectivity index (χ0n) is 7.20. The molecular weight excluding hydrogens is 226 g/mol. The Labute approximate surface area is 88.8 Å². The number of thiophene rings is 1. The monoisotopic (exact) mass is 234 g/mol. The third-order valence-corrected chi connectivity index (χ3v) is 3.65. The maximum Gasteiger partial charge on any atom is 0.266 e. The van der Waals surface area contributed by atoms with Gasteiger partial charge in [-0.05, 0) is 24.6 Å². The van der Waals surface area contributed by atoms with E-state index in [1.54, 1.807) is 6.07 Å². The second-order valence-electron chi connectivity index (χ2n) is 2.41. The first-order valence-electron chi connectivity index (χ1n) is 3.91. The van der Waals surface area contributed by atoms with Crippen LogP contribution in [0.5, 0.6) is 0 Å². The first-order chi connectivity index (χ1) is 6.72. The highest BCUT2D eigenvalue weighted by molar-refractivity contribution is 8.01. The van der Waals surface area contributed by atoms with E-state index < -0.39 is 6.08 Å². The number of rotatable bonds is 5. The van der Waals surface area contributed by atoms with Crippen molar-refractivity contribution in [3.8, 4) is 0 Å². The van der Waals surface area contributed by atoms with Gasteiger partial charge in [0.05, 0.1) is 9.09 Å². The molecule has 1 rings (SSSR count). The van der Waals surface area contributed by atoms with E-state index in [2.05, 4.69) is 0 Å². The molecule has 0 aliphatic heterocycles. The van der Waals surface area contributed by atoms with Crippen LogP contribution < -0.4 is 0 Å². The third-order valence-electron chi connectivity index (χ3n) is 1.38. The molecule has 0 aliphatic carbocycles. The van der Waals surface area contributed by atoms with E-state index in [0.717, 1.165) is 16.6 Å². The van der Waals surface area contributed by atoms with E-state index in [1.807, 2.05) is 6.07 Å². The van der Waals surface area contributed by atoms with Crippen molar-refractivity contribution in [1.29, 1.82) is 0 Å². The van der Waals surface area contributed by atoms with Crippen molar-refractivity contribution in [3.63, 3.8) is 0 Å². The summed E-state index contributed by atoms with van der Waals surface area (Å²) in [7, 11) is 0. The van der Waals surface area contributed by atoms with Crippen molar-refractivity contribution in [2.45, 2.75) is 10.6 Å².